The second-order valence-corrected chi connectivity index (χ2v) is 5.97. The van der Waals surface area contributed by atoms with Crippen molar-refractivity contribution in [2.45, 2.75) is 25.3 Å². The monoisotopic (exact) mass is 313 g/mol. The van der Waals surface area contributed by atoms with Crippen LogP contribution >= 0.6 is 11.8 Å². The lowest BCUT2D eigenvalue weighted by Crippen LogP contribution is -2.39. The number of guanidine groups is 1. The molecule has 0 spiro atoms. The van der Waals surface area contributed by atoms with Crippen molar-refractivity contribution in [1.29, 1.82) is 0 Å². The predicted molar refractivity (Wildman–Crippen MR) is 85.0 cm³/mol. The average molecular weight is 313 g/mol. The summed E-state index contributed by atoms with van der Waals surface area (Å²) in [7, 11) is 0. The molecule has 2 atom stereocenters. The number of nitrogens with zero attached hydrogens (tertiary/aromatic N) is 1. The van der Waals surface area contributed by atoms with Crippen LogP contribution in [-0.4, -0.2) is 37.1 Å². The summed E-state index contributed by atoms with van der Waals surface area (Å²) < 4.78 is 27.5. The summed E-state index contributed by atoms with van der Waals surface area (Å²) in [6, 6.07) is 4.06. The van der Waals surface area contributed by atoms with E-state index in [2.05, 4.69) is 15.6 Å². The molecule has 1 aliphatic carbocycles. The van der Waals surface area contributed by atoms with Crippen LogP contribution in [0.4, 0.5) is 8.78 Å². The topological polar surface area (TPSA) is 36.4 Å². The van der Waals surface area contributed by atoms with Gasteiger partial charge in [0.25, 0.3) is 0 Å². The number of aliphatic imine (C=N–C) groups is 1. The van der Waals surface area contributed by atoms with Gasteiger partial charge < -0.3 is 10.6 Å². The standard InChI is InChI=1S/C15H21F2N3S/c1-3-18-15(19-7-8-21-2)20-13-9-10(13)14-11(16)5-4-6-12(14)17/h4-6,10,13H,3,7-9H2,1-2H3,(H2,18,19,20). The molecule has 1 aromatic rings. The number of rotatable bonds is 6. The van der Waals surface area contributed by atoms with Gasteiger partial charge in [0, 0.05) is 29.8 Å². The van der Waals surface area contributed by atoms with Crippen LogP contribution in [0.3, 0.4) is 0 Å². The Kier molecular flexibility index (Phi) is 5.85. The van der Waals surface area contributed by atoms with Crippen LogP contribution in [0.5, 0.6) is 0 Å². The van der Waals surface area contributed by atoms with Crippen LogP contribution in [0.1, 0.15) is 24.8 Å². The number of hydrogen-bond donors (Lipinski definition) is 2. The summed E-state index contributed by atoms with van der Waals surface area (Å²) in [4.78, 5) is 4.44. The zero-order chi connectivity index (χ0) is 15.2. The Morgan fingerprint density at radius 3 is 2.71 bits per heavy atom. The summed E-state index contributed by atoms with van der Waals surface area (Å²) in [5.74, 6) is 0.626. The van der Waals surface area contributed by atoms with Gasteiger partial charge in [-0.05, 0) is 31.7 Å². The molecule has 116 valence electrons. The predicted octanol–water partition coefficient (Wildman–Crippen LogP) is 2.74. The first-order valence-corrected chi connectivity index (χ1v) is 8.54. The van der Waals surface area contributed by atoms with E-state index in [9.17, 15) is 8.78 Å². The van der Waals surface area contributed by atoms with Crippen molar-refractivity contribution in [2.24, 2.45) is 4.99 Å². The molecule has 2 unspecified atom stereocenters. The minimum absolute atomic E-state index is 0.0449. The first-order chi connectivity index (χ1) is 10.2. The van der Waals surface area contributed by atoms with Crippen molar-refractivity contribution < 1.29 is 8.78 Å². The lowest BCUT2D eigenvalue weighted by Gasteiger charge is -2.11. The zero-order valence-corrected chi connectivity index (χ0v) is 13.1. The Morgan fingerprint density at radius 1 is 1.38 bits per heavy atom. The van der Waals surface area contributed by atoms with Crippen LogP contribution in [-0.2, 0) is 0 Å². The van der Waals surface area contributed by atoms with E-state index in [0.29, 0.717) is 0 Å². The smallest absolute Gasteiger partial charge is 0.191 e. The molecule has 0 bridgehead atoms. The second-order valence-electron chi connectivity index (χ2n) is 4.98. The lowest BCUT2D eigenvalue weighted by molar-refractivity contribution is 0.553. The molecule has 0 aromatic heterocycles. The van der Waals surface area contributed by atoms with Gasteiger partial charge >= 0.3 is 0 Å². The number of halogens is 2. The van der Waals surface area contributed by atoms with Gasteiger partial charge in [-0.15, -0.1) is 0 Å². The minimum Gasteiger partial charge on any atom is -0.357 e. The molecule has 0 radical (unpaired) electrons. The molecule has 21 heavy (non-hydrogen) atoms. The van der Waals surface area contributed by atoms with Crippen molar-refractivity contribution in [3.63, 3.8) is 0 Å². The van der Waals surface area contributed by atoms with Crippen LogP contribution in [0.25, 0.3) is 0 Å². The van der Waals surface area contributed by atoms with Crippen molar-refractivity contribution in [1.82, 2.24) is 10.6 Å². The highest BCUT2D eigenvalue weighted by Gasteiger charge is 2.42. The van der Waals surface area contributed by atoms with E-state index in [0.717, 1.165) is 31.2 Å². The van der Waals surface area contributed by atoms with Gasteiger partial charge in [-0.3, -0.25) is 4.99 Å². The third-order valence-electron chi connectivity index (χ3n) is 3.39. The molecule has 0 aliphatic heterocycles. The van der Waals surface area contributed by atoms with E-state index in [1.165, 1.54) is 18.2 Å². The minimum atomic E-state index is -0.464. The quantitative estimate of drug-likeness (QED) is 0.482. The number of thioether (sulfide) groups is 1. The van der Waals surface area contributed by atoms with Gasteiger partial charge in [0.1, 0.15) is 11.6 Å². The highest BCUT2D eigenvalue weighted by Crippen LogP contribution is 2.42. The molecule has 1 fully saturated rings. The number of hydrogen-bond acceptors (Lipinski definition) is 2. The molecule has 6 heteroatoms. The molecule has 2 N–H and O–H groups in total. The Balaban J connectivity index is 1.97. The number of benzene rings is 1. The maximum atomic E-state index is 13.7. The third kappa shape index (κ3) is 4.33. The molecule has 1 aromatic carbocycles. The van der Waals surface area contributed by atoms with Gasteiger partial charge in [-0.25, -0.2) is 8.78 Å². The van der Waals surface area contributed by atoms with Crippen LogP contribution < -0.4 is 10.6 Å². The Hall–Kier alpha value is -1.30. The zero-order valence-electron chi connectivity index (χ0n) is 12.3. The molecular weight excluding hydrogens is 292 g/mol. The first kappa shape index (κ1) is 16.1. The molecule has 3 nitrogen and oxygen atoms in total. The maximum Gasteiger partial charge on any atom is 0.191 e. The largest absolute Gasteiger partial charge is 0.357 e. The number of nitrogens with one attached hydrogen (secondary N) is 2. The Bertz CT molecular complexity index is 487. The van der Waals surface area contributed by atoms with Crippen molar-refractivity contribution in [3.8, 4) is 0 Å². The highest BCUT2D eigenvalue weighted by molar-refractivity contribution is 7.98. The molecule has 2 rings (SSSR count). The van der Waals surface area contributed by atoms with Gasteiger partial charge in [0.15, 0.2) is 5.96 Å². The molecule has 1 aliphatic rings. The lowest BCUT2D eigenvalue weighted by atomic mass is 10.1. The van der Waals surface area contributed by atoms with E-state index in [1.807, 2.05) is 13.2 Å². The molecule has 0 heterocycles. The van der Waals surface area contributed by atoms with Crippen LogP contribution in [0.15, 0.2) is 23.2 Å². The fourth-order valence-corrected chi connectivity index (χ4v) is 2.56. The SMILES string of the molecule is CCNC(=NCCSC)NC1CC1c1c(F)cccc1F. The molecule has 0 saturated heterocycles. The third-order valence-corrected chi connectivity index (χ3v) is 3.98. The van der Waals surface area contributed by atoms with Gasteiger partial charge in [0.2, 0.25) is 0 Å². The maximum absolute atomic E-state index is 13.7. The second kappa shape index (κ2) is 7.64. The van der Waals surface area contributed by atoms with Gasteiger partial charge in [0.05, 0.1) is 6.54 Å². The summed E-state index contributed by atoms with van der Waals surface area (Å²) in [6.45, 7) is 3.48. The summed E-state index contributed by atoms with van der Waals surface area (Å²) >= 11 is 1.74. The summed E-state index contributed by atoms with van der Waals surface area (Å²) in [5, 5.41) is 6.41. The van der Waals surface area contributed by atoms with E-state index in [-0.39, 0.29) is 17.5 Å². The van der Waals surface area contributed by atoms with E-state index in [1.54, 1.807) is 11.8 Å². The first-order valence-electron chi connectivity index (χ1n) is 7.15. The molecule has 1 saturated carbocycles. The van der Waals surface area contributed by atoms with E-state index >= 15 is 0 Å². The average Bonchev–Trinajstić information content (AvgIpc) is 3.18. The fourth-order valence-electron chi connectivity index (χ4n) is 2.28. The summed E-state index contributed by atoms with van der Waals surface area (Å²) in [5.41, 5.74) is 0.190. The van der Waals surface area contributed by atoms with Gasteiger partial charge in [-0.2, -0.15) is 11.8 Å². The van der Waals surface area contributed by atoms with Crippen molar-refractivity contribution in [3.05, 3.63) is 35.4 Å². The molecule has 0 amide bonds. The Labute approximate surface area is 128 Å². The van der Waals surface area contributed by atoms with Gasteiger partial charge in [-0.1, -0.05) is 6.07 Å². The van der Waals surface area contributed by atoms with E-state index in [4.69, 9.17) is 0 Å². The van der Waals surface area contributed by atoms with Crippen LogP contribution in [0.2, 0.25) is 0 Å². The van der Waals surface area contributed by atoms with Crippen molar-refractivity contribution >= 4 is 17.7 Å². The van der Waals surface area contributed by atoms with Crippen LogP contribution in [0, 0.1) is 11.6 Å². The van der Waals surface area contributed by atoms with Crippen molar-refractivity contribution in [2.75, 3.05) is 25.1 Å². The fraction of sp³-hybridized carbons (Fsp3) is 0.533. The molecular formula is C15H21F2N3S. The highest BCUT2D eigenvalue weighted by atomic mass is 32.2. The van der Waals surface area contributed by atoms with E-state index < -0.39 is 11.6 Å². The summed E-state index contributed by atoms with van der Waals surface area (Å²) in [6.07, 6.45) is 2.76. The Morgan fingerprint density at radius 2 is 2.10 bits per heavy atom. The normalized spacial score (nSPS) is 21.2.